The molecule has 0 saturated carbocycles. The third kappa shape index (κ3) is 5.34. The minimum Gasteiger partial charge on any atom is -0.378 e. The van der Waals surface area contributed by atoms with E-state index in [0.717, 1.165) is 33.4 Å². The molecule has 0 spiro atoms. The van der Waals surface area contributed by atoms with Crippen molar-refractivity contribution in [1.29, 1.82) is 0 Å². The highest BCUT2D eigenvalue weighted by Crippen LogP contribution is 2.42. The SMILES string of the molecule is CN(C)c1ccc(C(O)(c2ccc(N(C)C)cc2)c2ccccc2P(c2ccccc2)c2ccccc2)cc1. The molecule has 0 radical (unpaired) electrons. The summed E-state index contributed by atoms with van der Waals surface area (Å²) in [6, 6.07) is 46.3. The lowest BCUT2D eigenvalue weighted by Gasteiger charge is -2.34. The third-order valence-electron chi connectivity index (χ3n) is 7.17. The fraction of sp³-hybridized carbons (Fsp3) is 0.143. The van der Waals surface area contributed by atoms with Crippen molar-refractivity contribution in [3.05, 3.63) is 150 Å². The fourth-order valence-corrected chi connectivity index (χ4v) is 7.54. The lowest BCUT2D eigenvalue weighted by Crippen LogP contribution is -2.36. The van der Waals surface area contributed by atoms with Gasteiger partial charge in [-0.2, -0.15) is 0 Å². The summed E-state index contributed by atoms with van der Waals surface area (Å²) in [6.45, 7) is 0. The number of benzene rings is 5. The molecule has 3 nitrogen and oxygen atoms in total. The quantitative estimate of drug-likeness (QED) is 0.201. The summed E-state index contributed by atoms with van der Waals surface area (Å²) in [4.78, 5) is 4.15. The summed E-state index contributed by atoms with van der Waals surface area (Å²) >= 11 is 0. The van der Waals surface area contributed by atoms with E-state index in [0.29, 0.717) is 0 Å². The van der Waals surface area contributed by atoms with Gasteiger partial charge in [-0.15, -0.1) is 0 Å². The van der Waals surface area contributed by atoms with Gasteiger partial charge in [0.2, 0.25) is 0 Å². The Hall–Kier alpha value is -3.91. The van der Waals surface area contributed by atoms with E-state index in [-0.39, 0.29) is 0 Å². The molecule has 0 bridgehead atoms. The molecule has 39 heavy (non-hydrogen) atoms. The van der Waals surface area contributed by atoms with Crippen molar-refractivity contribution in [2.45, 2.75) is 5.60 Å². The molecule has 196 valence electrons. The van der Waals surface area contributed by atoms with Crippen LogP contribution in [0.25, 0.3) is 0 Å². The van der Waals surface area contributed by atoms with Gasteiger partial charge in [0.05, 0.1) is 0 Å². The van der Waals surface area contributed by atoms with Crippen LogP contribution in [0, 0.1) is 0 Å². The van der Waals surface area contributed by atoms with Crippen molar-refractivity contribution in [2.75, 3.05) is 38.0 Å². The Balaban J connectivity index is 1.77. The second-order valence-corrected chi connectivity index (χ2v) is 12.3. The maximum absolute atomic E-state index is 13.0. The van der Waals surface area contributed by atoms with Gasteiger partial charge in [0.25, 0.3) is 0 Å². The second kappa shape index (κ2) is 11.5. The van der Waals surface area contributed by atoms with E-state index in [1.807, 2.05) is 34.3 Å². The summed E-state index contributed by atoms with van der Waals surface area (Å²) < 4.78 is 0. The molecule has 0 atom stereocenters. The normalized spacial score (nSPS) is 11.4. The number of hydrogen-bond donors (Lipinski definition) is 1. The first kappa shape index (κ1) is 26.7. The molecule has 0 fully saturated rings. The van der Waals surface area contributed by atoms with Gasteiger partial charge in [0, 0.05) is 45.1 Å². The second-order valence-electron chi connectivity index (χ2n) is 10.1. The summed E-state index contributed by atoms with van der Waals surface area (Å²) in [5.41, 5.74) is 3.42. The van der Waals surface area contributed by atoms with E-state index in [1.165, 1.54) is 10.6 Å². The number of rotatable bonds is 8. The average Bonchev–Trinajstić information content (AvgIpc) is 2.98. The van der Waals surface area contributed by atoms with Crippen LogP contribution in [0.2, 0.25) is 0 Å². The van der Waals surface area contributed by atoms with Crippen molar-refractivity contribution in [3.8, 4) is 0 Å². The molecule has 0 amide bonds. The summed E-state index contributed by atoms with van der Waals surface area (Å²) in [5, 5.41) is 16.6. The van der Waals surface area contributed by atoms with E-state index >= 15 is 0 Å². The Morgan fingerprint density at radius 1 is 0.487 bits per heavy atom. The Kier molecular flexibility index (Phi) is 7.84. The molecular formula is C35H35N2OP. The zero-order chi connectivity index (χ0) is 27.4. The van der Waals surface area contributed by atoms with Gasteiger partial charge in [-0.3, -0.25) is 0 Å². The van der Waals surface area contributed by atoms with Crippen molar-refractivity contribution < 1.29 is 5.11 Å². The monoisotopic (exact) mass is 530 g/mol. The lowest BCUT2D eigenvalue weighted by atomic mass is 9.80. The molecule has 0 unspecified atom stereocenters. The van der Waals surface area contributed by atoms with Crippen molar-refractivity contribution in [1.82, 2.24) is 0 Å². The number of nitrogens with zero attached hydrogens (tertiary/aromatic N) is 2. The van der Waals surface area contributed by atoms with Gasteiger partial charge >= 0.3 is 0 Å². The molecule has 0 aromatic heterocycles. The van der Waals surface area contributed by atoms with Crippen LogP contribution in [-0.2, 0) is 5.60 Å². The maximum Gasteiger partial charge on any atom is 0.141 e. The molecule has 0 saturated heterocycles. The molecule has 0 aliphatic heterocycles. The van der Waals surface area contributed by atoms with Gasteiger partial charge in [0.1, 0.15) is 5.60 Å². The molecule has 5 rings (SSSR count). The Morgan fingerprint density at radius 3 is 1.28 bits per heavy atom. The van der Waals surface area contributed by atoms with Crippen molar-refractivity contribution in [3.63, 3.8) is 0 Å². The van der Waals surface area contributed by atoms with Crippen LogP contribution in [0.3, 0.4) is 0 Å². The highest BCUT2D eigenvalue weighted by Gasteiger charge is 2.37. The van der Waals surface area contributed by atoms with E-state index in [9.17, 15) is 5.11 Å². The molecule has 0 aliphatic rings. The highest BCUT2D eigenvalue weighted by molar-refractivity contribution is 7.79. The van der Waals surface area contributed by atoms with Crippen LogP contribution in [-0.4, -0.2) is 33.3 Å². The van der Waals surface area contributed by atoms with Crippen molar-refractivity contribution in [2.24, 2.45) is 0 Å². The van der Waals surface area contributed by atoms with Crippen LogP contribution in [0.1, 0.15) is 16.7 Å². The topological polar surface area (TPSA) is 26.7 Å². The number of hydrogen-bond acceptors (Lipinski definition) is 3. The van der Waals surface area contributed by atoms with E-state index in [4.69, 9.17) is 0 Å². The van der Waals surface area contributed by atoms with E-state index in [1.54, 1.807) is 0 Å². The van der Waals surface area contributed by atoms with E-state index in [2.05, 4.69) is 137 Å². The molecule has 5 aromatic rings. The highest BCUT2D eigenvalue weighted by atomic mass is 31.1. The van der Waals surface area contributed by atoms with Gasteiger partial charge in [-0.25, -0.2) is 0 Å². The van der Waals surface area contributed by atoms with Gasteiger partial charge in [-0.05, 0) is 59.2 Å². The molecule has 0 aliphatic carbocycles. The molecule has 4 heteroatoms. The number of aliphatic hydroxyl groups is 1. The van der Waals surface area contributed by atoms with Crippen LogP contribution in [0.15, 0.2) is 133 Å². The van der Waals surface area contributed by atoms with E-state index < -0.39 is 13.5 Å². The first-order chi connectivity index (χ1) is 18.9. The Labute approximate surface area is 233 Å². The fourth-order valence-electron chi connectivity index (χ4n) is 5.04. The van der Waals surface area contributed by atoms with Gasteiger partial charge < -0.3 is 14.9 Å². The maximum atomic E-state index is 13.0. The average molecular weight is 531 g/mol. The first-order valence-corrected chi connectivity index (χ1v) is 14.5. The third-order valence-corrected chi connectivity index (χ3v) is 9.67. The van der Waals surface area contributed by atoms with Crippen LogP contribution in [0.5, 0.6) is 0 Å². The van der Waals surface area contributed by atoms with Crippen LogP contribution >= 0.6 is 7.92 Å². The Morgan fingerprint density at radius 2 is 0.872 bits per heavy atom. The zero-order valence-corrected chi connectivity index (χ0v) is 23.9. The first-order valence-electron chi connectivity index (χ1n) is 13.2. The molecule has 0 heterocycles. The molecular weight excluding hydrogens is 495 g/mol. The summed E-state index contributed by atoms with van der Waals surface area (Å²) in [7, 11) is 7.20. The van der Waals surface area contributed by atoms with Crippen molar-refractivity contribution >= 4 is 35.2 Å². The largest absolute Gasteiger partial charge is 0.378 e. The standard InChI is InChI=1S/C35H35N2OP/c1-36(2)29-23-19-27(20-24-29)35(38,28-21-25-30(26-22-28)37(3)4)33-17-11-12-18-34(33)39(31-13-7-5-8-14-31)32-15-9-6-10-16-32/h5-26,38H,1-4H3. The molecule has 1 N–H and O–H groups in total. The predicted octanol–water partition coefficient (Wildman–Crippen LogP) is 5.86. The van der Waals surface area contributed by atoms with Gasteiger partial charge in [-0.1, -0.05) is 109 Å². The minimum absolute atomic E-state index is 0.842. The lowest BCUT2D eigenvalue weighted by molar-refractivity contribution is 0.127. The molecule has 5 aromatic carbocycles. The Bertz CT molecular complexity index is 1410. The summed E-state index contributed by atoms with van der Waals surface area (Å²) in [5.74, 6) is 0. The zero-order valence-electron chi connectivity index (χ0n) is 23.0. The summed E-state index contributed by atoms with van der Waals surface area (Å²) in [6.07, 6.45) is 0. The van der Waals surface area contributed by atoms with Gasteiger partial charge in [0.15, 0.2) is 0 Å². The minimum atomic E-state index is -1.35. The smallest absolute Gasteiger partial charge is 0.141 e. The van der Waals surface area contributed by atoms with Crippen LogP contribution in [0.4, 0.5) is 11.4 Å². The predicted molar refractivity (Wildman–Crippen MR) is 169 cm³/mol. The van der Waals surface area contributed by atoms with Crippen LogP contribution < -0.4 is 25.7 Å². The number of anilines is 2.